The standard InChI is InChI=1S/C18H26N2O3/c21-11-8-18(6-9-19-10-7-18)20-16(17-13-22-14-23-17)12-15-4-2-1-3-5-15/h1-5,13,16,19-21H,6-12,14H2. The fourth-order valence-corrected chi connectivity index (χ4v) is 3.46. The van der Waals surface area contributed by atoms with E-state index in [0.717, 1.165) is 44.5 Å². The van der Waals surface area contributed by atoms with Gasteiger partial charge in [-0.1, -0.05) is 30.3 Å². The summed E-state index contributed by atoms with van der Waals surface area (Å²) >= 11 is 0. The Morgan fingerprint density at radius 1 is 1.22 bits per heavy atom. The fourth-order valence-electron chi connectivity index (χ4n) is 3.46. The Morgan fingerprint density at radius 3 is 2.65 bits per heavy atom. The molecule has 1 aromatic carbocycles. The van der Waals surface area contributed by atoms with Crippen LogP contribution in [0.1, 0.15) is 24.8 Å². The number of nitrogens with one attached hydrogen (secondary N) is 2. The van der Waals surface area contributed by atoms with Crippen LogP contribution in [0, 0.1) is 0 Å². The second-order valence-corrected chi connectivity index (χ2v) is 6.34. The number of hydrogen-bond donors (Lipinski definition) is 3. The maximum Gasteiger partial charge on any atom is 0.229 e. The highest BCUT2D eigenvalue weighted by Crippen LogP contribution is 2.26. The number of benzene rings is 1. The van der Waals surface area contributed by atoms with E-state index < -0.39 is 0 Å². The van der Waals surface area contributed by atoms with Crippen LogP contribution in [0.2, 0.25) is 0 Å². The molecule has 126 valence electrons. The van der Waals surface area contributed by atoms with E-state index in [1.54, 1.807) is 6.26 Å². The molecule has 0 spiro atoms. The maximum atomic E-state index is 9.52. The predicted octanol–water partition coefficient (Wildman–Crippen LogP) is 1.54. The van der Waals surface area contributed by atoms with E-state index in [1.807, 2.05) is 6.07 Å². The van der Waals surface area contributed by atoms with Crippen LogP contribution in [0.15, 0.2) is 42.4 Å². The third-order valence-corrected chi connectivity index (χ3v) is 4.75. The monoisotopic (exact) mass is 318 g/mol. The second-order valence-electron chi connectivity index (χ2n) is 6.34. The first-order chi connectivity index (χ1) is 11.3. The molecule has 1 atom stereocenters. The topological polar surface area (TPSA) is 62.8 Å². The van der Waals surface area contributed by atoms with E-state index in [1.165, 1.54) is 5.56 Å². The molecule has 23 heavy (non-hydrogen) atoms. The molecular weight excluding hydrogens is 292 g/mol. The van der Waals surface area contributed by atoms with Crippen molar-refractivity contribution in [1.82, 2.24) is 10.6 Å². The average molecular weight is 318 g/mol. The summed E-state index contributed by atoms with van der Waals surface area (Å²) in [5, 5.41) is 16.7. The van der Waals surface area contributed by atoms with Crippen molar-refractivity contribution >= 4 is 0 Å². The van der Waals surface area contributed by atoms with Crippen LogP contribution >= 0.6 is 0 Å². The van der Waals surface area contributed by atoms with Gasteiger partial charge in [-0.3, -0.25) is 0 Å². The SMILES string of the molecule is OCCC1(NC(Cc2ccccc2)C2=COCO2)CCNCC1. The van der Waals surface area contributed by atoms with Gasteiger partial charge in [-0.2, -0.15) is 0 Å². The van der Waals surface area contributed by atoms with E-state index in [-0.39, 0.29) is 25.0 Å². The van der Waals surface area contributed by atoms with Gasteiger partial charge in [0.25, 0.3) is 0 Å². The fraction of sp³-hybridized carbons (Fsp3) is 0.556. The molecule has 0 radical (unpaired) electrons. The Balaban J connectivity index is 1.76. The lowest BCUT2D eigenvalue weighted by Crippen LogP contribution is -2.57. The molecule has 5 heteroatoms. The summed E-state index contributed by atoms with van der Waals surface area (Å²) in [7, 11) is 0. The van der Waals surface area contributed by atoms with Crippen molar-refractivity contribution in [2.75, 3.05) is 26.5 Å². The number of hydrogen-bond acceptors (Lipinski definition) is 5. The molecule has 0 amide bonds. The normalized spacial score (nSPS) is 21.2. The summed E-state index contributed by atoms with van der Waals surface area (Å²) in [4.78, 5) is 0. The molecule has 3 N–H and O–H groups in total. The molecule has 2 heterocycles. The lowest BCUT2D eigenvalue weighted by molar-refractivity contribution is 0.0674. The Morgan fingerprint density at radius 2 is 2.00 bits per heavy atom. The Labute approximate surface area is 137 Å². The first-order valence-corrected chi connectivity index (χ1v) is 8.39. The molecule has 0 bridgehead atoms. The van der Waals surface area contributed by atoms with E-state index in [4.69, 9.17) is 9.47 Å². The van der Waals surface area contributed by atoms with Crippen LogP contribution in [-0.4, -0.2) is 43.2 Å². The van der Waals surface area contributed by atoms with Gasteiger partial charge in [-0.25, -0.2) is 0 Å². The average Bonchev–Trinajstić information content (AvgIpc) is 3.11. The van der Waals surface area contributed by atoms with Gasteiger partial charge >= 0.3 is 0 Å². The molecule has 2 aliphatic rings. The zero-order valence-corrected chi connectivity index (χ0v) is 13.5. The highest BCUT2D eigenvalue weighted by Gasteiger charge is 2.35. The Hall–Kier alpha value is -1.56. The maximum absolute atomic E-state index is 9.52. The Bertz CT molecular complexity index is 507. The molecule has 1 fully saturated rings. The van der Waals surface area contributed by atoms with Crippen LogP contribution in [0.4, 0.5) is 0 Å². The van der Waals surface area contributed by atoms with Gasteiger partial charge < -0.3 is 25.2 Å². The van der Waals surface area contributed by atoms with E-state index in [0.29, 0.717) is 0 Å². The van der Waals surface area contributed by atoms with Crippen LogP contribution in [0.5, 0.6) is 0 Å². The van der Waals surface area contributed by atoms with Gasteiger partial charge in [0.05, 0.1) is 6.04 Å². The van der Waals surface area contributed by atoms with E-state index in [2.05, 4.69) is 34.9 Å². The molecule has 0 saturated carbocycles. The molecule has 1 aromatic rings. The summed E-state index contributed by atoms with van der Waals surface area (Å²) in [6.45, 7) is 2.43. The number of aliphatic hydroxyl groups is 1. The van der Waals surface area contributed by atoms with Crippen molar-refractivity contribution in [3.8, 4) is 0 Å². The minimum atomic E-state index is -0.0494. The van der Waals surface area contributed by atoms with Gasteiger partial charge in [-0.05, 0) is 44.3 Å². The molecule has 2 aliphatic heterocycles. The van der Waals surface area contributed by atoms with Gasteiger partial charge in [-0.15, -0.1) is 0 Å². The van der Waals surface area contributed by atoms with Gasteiger partial charge in [0.2, 0.25) is 6.79 Å². The summed E-state index contributed by atoms with van der Waals surface area (Å²) < 4.78 is 10.9. The zero-order chi connectivity index (χ0) is 16.0. The second kappa shape index (κ2) is 7.81. The van der Waals surface area contributed by atoms with Crippen molar-refractivity contribution in [2.45, 2.75) is 37.3 Å². The number of aliphatic hydroxyl groups excluding tert-OH is 1. The van der Waals surface area contributed by atoms with Crippen LogP contribution in [0.3, 0.4) is 0 Å². The van der Waals surface area contributed by atoms with Crippen molar-refractivity contribution in [3.05, 3.63) is 47.9 Å². The molecule has 0 aromatic heterocycles. The molecule has 0 aliphatic carbocycles. The lowest BCUT2D eigenvalue weighted by atomic mass is 9.84. The number of rotatable bonds is 7. The van der Waals surface area contributed by atoms with Crippen molar-refractivity contribution in [1.29, 1.82) is 0 Å². The molecule has 3 rings (SSSR count). The lowest BCUT2D eigenvalue weighted by Gasteiger charge is -2.41. The minimum absolute atomic E-state index is 0.0494. The first kappa shape index (κ1) is 16.3. The molecule has 5 nitrogen and oxygen atoms in total. The Kier molecular flexibility index (Phi) is 5.54. The quantitative estimate of drug-likeness (QED) is 0.712. The van der Waals surface area contributed by atoms with Crippen molar-refractivity contribution < 1.29 is 14.6 Å². The smallest absolute Gasteiger partial charge is 0.229 e. The molecule has 1 saturated heterocycles. The number of ether oxygens (including phenoxy) is 2. The van der Waals surface area contributed by atoms with Gasteiger partial charge in [0, 0.05) is 12.1 Å². The summed E-state index contributed by atoms with van der Waals surface area (Å²) in [5.41, 5.74) is 1.21. The minimum Gasteiger partial charge on any atom is -0.462 e. The third-order valence-electron chi connectivity index (χ3n) is 4.75. The van der Waals surface area contributed by atoms with Gasteiger partial charge in [0.1, 0.15) is 6.26 Å². The van der Waals surface area contributed by atoms with Crippen LogP contribution in [0.25, 0.3) is 0 Å². The predicted molar refractivity (Wildman–Crippen MR) is 88.7 cm³/mol. The third kappa shape index (κ3) is 4.25. The van der Waals surface area contributed by atoms with Crippen LogP contribution < -0.4 is 10.6 Å². The summed E-state index contributed by atoms with van der Waals surface area (Å²) in [5.74, 6) is 0.852. The van der Waals surface area contributed by atoms with E-state index in [9.17, 15) is 5.11 Å². The number of piperidine rings is 1. The van der Waals surface area contributed by atoms with Crippen molar-refractivity contribution in [3.63, 3.8) is 0 Å². The molecule has 1 unspecified atom stereocenters. The first-order valence-electron chi connectivity index (χ1n) is 8.39. The summed E-state index contributed by atoms with van der Waals surface area (Å²) in [6, 6.07) is 10.5. The zero-order valence-electron chi connectivity index (χ0n) is 13.5. The summed E-state index contributed by atoms with van der Waals surface area (Å²) in [6.07, 6.45) is 5.33. The van der Waals surface area contributed by atoms with E-state index >= 15 is 0 Å². The molecular formula is C18H26N2O3. The highest BCUT2D eigenvalue weighted by atomic mass is 16.7. The largest absolute Gasteiger partial charge is 0.462 e. The van der Waals surface area contributed by atoms with Crippen LogP contribution in [-0.2, 0) is 15.9 Å². The van der Waals surface area contributed by atoms with Crippen molar-refractivity contribution in [2.24, 2.45) is 0 Å². The highest BCUT2D eigenvalue weighted by molar-refractivity contribution is 5.20. The van der Waals surface area contributed by atoms with Gasteiger partial charge in [0.15, 0.2) is 5.76 Å².